The van der Waals surface area contributed by atoms with E-state index < -0.39 is 9.05 Å². The van der Waals surface area contributed by atoms with Crippen molar-refractivity contribution in [2.45, 2.75) is 13.8 Å². The summed E-state index contributed by atoms with van der Waals surface area (Å²) in [5, 5.41) is 3.20. The first-order valence-corrected chi connectivity index (χ1v) is 7.27. The minimum atomic E-state index is -3.59. The molecule has 8 nitrogen and oxygen atoms in total. The van der Waals surface area contributed by atoms with Crippen molar-refractivity contribution >= 4 is 9.05 Å². The van der Waals surface area contributed by atoms with Gasteiger partial charge in [0.05, 0.1) is 21.3 Å². The summed E-state index contributed by atoms with van der Waals surface area (Å²) < 4.78 is 20.1. The second-order valence-corrected chi connectivity index (χ2v) is 5.26. The van der Waals surface area contributed by atoms with Crippen molar-refractivity contribution in [2.24, 2.45) is 5.92 Å². The second kappa shape index (κ2) is 10.8. The molecule has 0 spiro atoms. The highest BCUT2D eigenvalue weighted by Gasteiger charge is 2.52. The zero-order valence-electron chi connectivity index (χ0n) is 11.6. The Morgan fingerprint density at radius 1 is 1.00 bits per heavy atom. The lowest BCUT2D eigenvalue weighted by molar-refractivity contribution is -0.371. The van der Waals surface area contributed by atoms with Crippen molar-refractivity contribution < 1.29 is 32.8 Å². The molecule has 0 aromatic rings. The second-order valence-electron chi connectivity index (χ2n) is 3.47. The van der Waals surface area contributed by atoms with E-state index in [0.29, 0.717) is 6.61 Å². The average molecular weight is 285 g/mol. The maximum absolute atomic E-state index is 5.47. The SMILES string of the molecule is CCNCC(C)CO[Si](OOC)(OOC)OOC. The van der Waals surface area contributed by atoms with Gasteiger partial charge in [-0.2, -0.15) is 13.7 Å². The van der Waals surface area contributed by atoms with Crippen LogP contribution in [0.25, 0.3) is 0 Å². The predicted molar refractivity (Wildman–Crippen MR) is 63.7 cm³/mol. The molecule has 0 saturated carbocycles. The summed E-state index contributed by atoms with van der Waals surface area (Å²) >= 11 is 0. The molecule has 0 saturated heterocycles. The number of hydrogen-bond acceptors (Lipinski definition) is 8. The summed E-state index contributed by atoms with van der Waals surface area (Å²) in [5.74, 6) is 0.234. The van der Waals surface area contributed by atoms with Crippen LogP contribution in [0.3, 0.4) is 0 Å². The van der Waals surface area contributed by atoms with Crippen LogP contribution in [0.5, 0.6) is 0 Å². The topological polar surface area (TPSA) is 76.6 Å². The fraction of sp³-hybridized carbons (Fsp3) is 1.00. The lowest BCUT2D eigenvalue weighted by Crippen LogP contribution is -2.49. The van der Waals surface area contributed by atoms with Crippen LogP contribution in [-0.2, 0) is 32.8 Å². The highest BCUT2D eigenvalue weighted by molar-refractivity contribution is 6.52. The molecule has 9 heteroatoms. The van der Waals surface area contributed by atoms with Crippen molar-refractivity contribution in [3.8, 4) is 0 Å². The summed E-state index contributed by atoms with van der Waals surface area (Å²) in [7, 11) is 0.340. The first-order chi connectivity index (χ1) is 8.64. The van der Waals surface area contributed by atoms with Gasteiger partial charge in [-0.15, -0.1) is 0 Å². The Kier molecular flexibility index (Phi) is 10.7. The molecule has 110 valence electrons. The summed E-state index contributed by atoms with van der Waals surface area (Å²) in [6, 6.07) is 0. The molecule has 1 atom stereocenters. The smallest absolute Gasteiger partial charge is 0.347 e. The van der Waals surface area contributed by atoms with Gasteiger partial charge in [0, 0.05) is 6.61 Å². The zero-order chi connectivity index (χ0) is 13.9. The highest BCUT2D eigenvalue weighted by Crippen LogP contribution is 2.14. The lowest BCUT2D eigenvalue weighted by Gasteiger charge is -2.24. The Balaban J connectivity index is 4.27. The van der Waals surface area contributed by atoms with Gasteiger partial charge >= 0.3 is 9.05 Å². The molecular weight excluding hydrogens is 262 g/mol. The maximum atomic E-state index is 5.47. The molecule has 18 heavy (non-hydrogen) atoms. The average Bonchev–Trinajstić information content (AvgIpc) is 2.35. The number of hydrogen-bond donors (Lipinski definition) is 1. The predicted octanol–water partition coefficient (Wildman–Crippen LogP) is 0.418. The molecule has 0 rings (SSSR count). The minimum Gasteiger partial charge on any atom is -0.347 e. The molecular formula is C9H23NO7Si. The van der Waals surface area contributed by atoms with E-state index in [1.807, 2.05) is 13.8 Å². The largest absolute Gasteiger partial charge is 0.764 e. The number of rotatable bonds is 12. The molecule has 1 N–H and O–H groups in total. The monoisotopic (exact) mass is 285 g/mol. The van der Waals surface area contributed by atoms with Crippen molar-refractivity contribution in [1.82, 2.24) is 5.32 Å². The van der Waals surface area contributed by atoms with E-state index in [-0.39, 0.29) is 5.92 Å². The third kappa shape index (κ3) is 7.36. The van der Waals surface area contributed by atoms with Gasteiger partial charge in [0.2, 0.25) is 0 Å². The van der Waals surface area contributed by atoms with Gasteiger partial charge in [-0.3, -0.25) is 0 Å². The van der Waals surface area contributed by atoms with E-state index in [0.717, 1.165) is 13.1 Å². The van der Waals surface area contributed by atoms with Crippen molar-refractivity contribution in [3.05, 3.63) is 0 Å². The minimum absolute atomic E-state index is 0.234. The Labute approximate surface area is 109 Å². The van der Waals surface area contributed by atoms with Crippen LogP contribution < -0.4 is 5.32 Å². The molecule has 0 bridgehead atoms. The van der Waals surface area contributed by atoms with Crippen LogP contribution in [0.4, 0.5) is 0 Å². The Morgan fingerprint density at radius 3 is 1.89 bits per heavy atom. The Bertz CT molecular complexity index is 181. The first-order valence-electron chi connectivity index (χ1n) is 5.64. The maximum Gasteiger partial charge on any atom is 0.764 e. The van der Waals surface area contributed by atoms with Crippen LogP contribution in [0.15, 0.2) is 0 Å². The lowest BCUT2D eigenvalue weighted by atomic mass is 10.2. The van der Waals surface area contributed by atoms with Gasteiger partial charge in [0.1, 0.15) is 0 Å². The molecule has 0 aliphatic rings. The van der Waals surface area contributed by atoms with Gasteiger partial charge in [-0.1, -0.05) is 13.8 Å². The third-order valence-electron chi connectivity index (χ3n) is 1.84. The van der Waals surface area contributed by atoms with Crippen LogP contribution in [0, 0.1) is 5.92 Å². The zero-order valence-corrected chi connectivity index (χ0v) is 12.6. The summed E-state index contributed by atoms with van der Waals surface area (Å²) in [6.07, 6.45) is 0. The van der Waals surface area contributed by atoms with E-state index in [4.69, 9.17) is 18.2 Å². The fourth-order valence-electron chi connectivity index (χ4n) is 1.11. The number of nitrogens with one attached hydrogen (secondary N) is 1. The molecule has 0 radical (unpaired) electrons. The van der Waals surface area contributed by atoms with Crippen LogP contribution in [0.1, 0.15) is 13.8 Å². The van der Waals surface area contributed by atoms with Gasteiger partial charge in [0.15, 0.2) is 0 Å². The molecule has 0 aliphatic heterocycles. The van der Waals surface area contributed by atoms with Crippen molar-refractivity contribution in [3.63, 3.8) is 0 Å². The summed E-state index contributed by atoms with van der Waals surface area (Å²) in [5.41, 5.74) is 0. The standard InChI is InChI=1S/C9H23NO7Si/c1-6-10-7-9(2)8-14-18(15-11-3,16-12-4)17-13-5/h9-10H,6-8H2,1-5H3. The molecule has 0 fully saturated rings. The van der Waals surface area contributed by atoms with E-state index in [1.54, 1.807) is 0 Å². The van der Waals surface area contributed by atoms with Crippen molar-refractivity contribution in [2.75, 3.05) is 41.0 Å². The van der Waals surface area contributed by atoms with Crippen LogP contribution in [0.2, 0.25) is 0 Å². The fourth-order valence-corrected chi connectivity index (χ4v) is 2.44. The third-order valence-corrected chi connectivity index (χ3v) is 3.48. The normalized spacial score (nSPS) is 13.8. The Morgan fingerprint density at radius 2 is 1.50 bits per heavy atom. The molecule has 0 amide bonds. The highest BCUT2D eigenvalue weighted by atomic mass is 28.4. The van der Waals surface area contributed by atoms with Crippen molar-refractivity contribution in [1.29, 1.82) is 0 Å². The van der Waals surface area contributed by atoms with Gasteiger partial charge in [-0.05, 0) is 19.0 Å². The summed E-state index contributed by atoms with van der Waals surface area (Å²) in [6.45, 7) is 6.07. The molecule has 1 unspecified atom stereocenters. The van der Waals surface area contributed by atoms with E-state index >= 15 is 0 Å². The van der Waals surface area contributed by atoms with E-state index in [9.17, 15) is 0 Å². The Hall–Kier alpha value is -0.103. The first kappa shape index (κ1) is 17.9. The van der Waals surface area contributed by atoms with E-state index in [2.05, 4.69) is 20.0 Å². The van der Waals surface area contributed by atoms with Gasteiger partial charge < -0.3 is 9.74 Å². The quantitative estimate of drug-likeness (QED) is 0.314. The van der Waals surface area contributed by atoms with Crippen LogP contribution in [-0.4, -0.2) is 50.1 Å². The molecule has 0 aliphatic carbocycles. The summed E-state index contributed by atoms with van der Waals surface area (Å²) in [4.78, 5) is 13.6. The molecule has 0 aromatic carbocycles. The molecule has 0 aromatic heterocycles. The van der Waals surface area contributed by atoms with Gasteiger partial charge in [0.25, 0.3) is 0 Å². The van der Waals surface area contributed by atoms with E-state index in [1.165, 1.54) is 21.3 Å². The van der Waals surface area contributed by atoms with Crippen LogP contribution >= 0.6 is 0 Å². The molecule has 0 heterocycles. The van der Waals surface area contributed by atoms with Gasteiger partial charge in [-0.25, -0.2) is 14.7 Å².